The number of hydrogen-bond donors (Lipinski definition) is 0. The lowest BCUT2D eigenvalue weighted by Gasteiger charge is -2.08. The summed E-state index contributed by atoms with van der Waals surface area (Å²) < 4.78 is 11.5. The van der Waals surface area contributed by atoms with Crippen molar-refractivity contribution in [1.29, 1.82) is 0 Å². The highest BCUT2D eigenvalue weighted by molar-refractivity contribution is 5.88. The van der Waals surface area contributed by atoms with Crippen molar-refractivity contribution in [1.82, 2.24) is 9.38 Å². The maximum atomic E-state index is 12.2. The normalized spacial score (nSPS) is 10.2. The molecule has 0 fully saturated rings. The lowest BCUT2D eigenvalue weighted by Crippen LogP contribution is -2.24. The zero-order valence-corrected chi connectivity index (χ0v) is 11.0. The molecule has 2 aromatic heterocycles. The van der Waals surface area contributed by atoms with Crippen LogP contribution in [0.5, 0.6) is 5.75 Å². The van der Waals surface area contributed by atoms with E-state index in [0.717, 1.165) is 0 Å². The molecule has 20 heavy (non-hydrogen) atoms. The summed E-state index contributed by atoms with van der Waals surface area (Å²) in [6.45, 7) is 5.73. The maximum absolute atomic E-state index is 12.2. The van der Waals surface area contributed by atoms with Crippen LogP contribution in [-0.4, -0.2) is 28.6 Å². The van der Waals surface area contributed by atoms with Crippen LogP contribution in [0.4, 0.5) is 0 Å². The van der Waals surface area contributed by atoms with E-state index in [4.69, 9.17) is 9.47 Å². The largest absolute Gasteiger partial charge is 0.486 e. The molecule has 6 heteroatoms. The van der Waals surface area contributed by atoms with E-state index < -0.39 is 11.5 Å². The minimum absolute atomic E-state index is 0.106. The number of fused-ring (bicyclic) bond motifs is 1. The Hall–Kier alpha value is -2.63. The molecule has 0 radical (unpaired) electrons. The summed E-state index contributed by atoms with van der Waals surface area (Å²) in [5, 5.41) is 0. The van der Waals surface area contributed by atoms with Gasteiger partial charge >= 0.3 is 5.97 Å². The second-order valence-electron chi connectivity index (χ2n) is 3.86. The molecule has 0 unspecified atom stereocenters. The van der Waals surface area contributed by atoms with E-state index in [1.807, 2.05) is 0 Å². The Bertz CT molecular complexity index is 706. The van der Waals surface area contributed by atoms with Gasteiger partial charge in [-0.05, 0) is 19.1 Å². The molecule has 2 heterocycles. The van der Waals surface area contributed by atoms with Crippen LogP contribution in [0.1, 0.15) is 17.3 Å². The molecular weight excluding hydrogens is 260 g/mol. The molecule has 0 spiro atoms. The van der Waals surface area contributed by atoms with E-state index in [2.05, 4.69) is 11.6 Å². The Balaban J connectivity index is 2.54. The van der Waals surface area contributed by atoms with Gasteiger partial charge < -0.3 is 9.47 Å². The van der Waals surface area contributed by atoms with Gasteiger partial charge in [-0.15, -0.1) is 0 Å². The van der Waals surface area contributed by atoms with Crippen molar-refractivity contribution in [3.05, 3.63) is 53.1 Å². The molecule has 0 saturated heterocycles. The van der Waals surface area contributed by atoms with Crippen LogP contribution >= 0.6 is 0 Å². The minimum atomic E-state index is -0.684. The molecule has 0 aliphatic carbocycles. The average molecular weight is 274 g/mol. The van der Waals surface area contributed by atoms with Gasteiger partial charge in [0.25, 0.3) is 5.56 Å². The molecule has 0 aliphatic heterocycles. The van der Waals surface area contributed by atoms with Gasteiger partial charge in [-0.1, -0.05) is 12.7 Å². The lowest BCUT2D eigenvalue weighted by atomic mass is 10.3. The fourth-order valence-corrected chi connectivity index (χ4v) is 1.69. The number of ether oxygens (including phenoxy) is 2. The van der Waals surface area contributed by atoms with Crippen LogP contribution in [0, 0.1) is 0 Å². The van der Waals surface area contributed by atoms with Crippen molar-refractivity contribution in [2.45, 2.75) is 6.92 Å². The van der Waals surface area contributed by atoms with E-state index in [1.165, 1.54) is 16.8 Å². The Labute approximate surface area is 115 Å². The number of aromatic nitrogens is 2. The third-order valence-electron chi connectivity index (χ3n) is 2.55. The highest BCUT2D eigenvalue weighted by Crippen LogP contribution is 2.16. The summed E-state index contributed by atoms with van der Waals surface area (Å²) >= 11 is 0. The van der Waals surface area contributed by atoms with E-state index in [-0.39, 0.29) is 12.2 Å². The van der Waals surface area contributed by atoms with Crippen LogP contribution in [0.15, 0.2) is 42.0 Å². The summed E-state index contributed by atoms with van der Waals surface area (Å²) in [6, 6.07) is 3.33. The second kappa shape index (κ2) is 6.01. The van der Waals surface area contributed by atoms with Crippen LogP contribution in [0.3, 0.4) is 0 Å². The Morgan fingerprint density at radius 2 is 2.35 bits per heavy atom. The summed E-state index contributed by atoms with van der Waals surface area (Å²) in [5.41, 5.74) is -0.255. The molecule has 0 aliphatic rings. The quantitative estimate of drug-likeness (QED) is 0.609. The predicted molar refractivity (Wildman–Crippen MR) is 73.1 cm³/mol. The molecule has 2 aromatic rings. The van der Waals surface area contributed by atoms with Gasteiger partial charge in [-0.3, -0.25) is 9.20 Å². The monoisotopic (exact) mass is 274 g/mol. The molecule has 104 valence electrons. The second-order valence-corrected chi connectivity index (χ2v) is 3.86. The fraction of sp³-hybridized carbons (Fsp3) is 0.214. The molecule has 0 aromatic carbocycles. The predicted octanol–water partition coefficient (Wildman–Crippen LogP) is 1.44. The van der Waals surface area contributed by atoms with Crippen molar-refractivity contribution in [3.63, 3.8) is 0 Å². The van der Waals surface area contributed by atoms with Gasteiger partial charge in [0.2, 0.25) is 0 Å². The third kappa shape index (κ3) is 2.54. The Morgan fingerprint density at radius 1 is 1.55 bits per heavy atom. The average Bonchev–Trinajstić information content (AvgIpc) is 2.46. The van der Waals surface area contributed by atoms with Crippen molar-refractivity contribution in [2.24, 2.45) is 0 Å². The van der Waals surface area contributed by atoms with Gasteiger partial charge in [-0.25, -0.2) is 9.78 Å². The number of carbonyl (C=O) groups is 1. The summed E-state index contributed by atoms with van der Waals surface area (Å²) in [5.74, 6) is -0.239. The smallest absolute Gasteiger partial charge is 0.345 e. The number of nitrogens with zero attached hydrogens (tertiary/aromatic N) is 2. The zero-order chi connectivity index (χ0) is 14.5. The number of carbonyl (C=O) groups excluding carboxylic acids is 1. The SMILES string of the molecule is C=CCOc1cccn2c(=O)c(C(=O)OCC)cnc12. The molecule has 0 saturated carbocycles. The van der Waals surface area contributed by atoms with Crippen LogP contribution in [-0.2, 0) is 4.74 Å². The molecule has 0 bridgehead atoms. The standard InChI is InChI=1S/C14H14N2O4/c1-3-8-20-11-6-5-7-16-12(11)15-9-10(13(16)17)14(18)19-4-2/h3,5-7,9H,1,4,8H2,2H3. The van der Waals surface area contributed by atoms with Crippen LogP contribution < -0.4 is 10.3 Å². The topological polar surface area (TPSA) is 69.9 Å². The first kappa shape index (κ1) is 13.8. The molecule has 2 rings (SSSR count). The molecule has 6 nitrogen and oxygen atoms in total. The lowest BCUT2D eigenvalue weighted by molar-refractivity contribution is 0.0523. The first-order valence-electron chi connectivity index (χ1n) is 6.10. The Morgan fingerprint density at radius 3 is 3.05 bits per heavy atom. The van der Waals surface area contributed by atoms with Crippen LogP contribution in [0.25, 0.3) is 5.65 Å². The summed E-state index contributed by atoms with van der Waals surface area (Å²) in [6.07, 6.45) is 4.32. The number of pyridine rings is 1. The van der Waals surface area contributed by atoms with Crippen molar-refractivity contribution >= 4 is 11.6 Å². The van der Waals surface area contributed by atoms with Gasteiger partial charge in [0.1, 0.15) is 12.2 Å². The van der Waals surface area contributed by atoms with Gasteiger partial charge in [0, 0.05) is 12.4 Å². The third-order valence-corrected chi connectivity index (χ3v) is 2.55. The molecule has 0 amide bonds. The van der Waals surface area contributed by atoms with Crippen molar-refractivity contribution in [3.8, 4) is 5.75 Å². The van der Waals surface area contributed by atoms with E-state index in [9.17, 15) is 9.59 Å². The zero-order valence-electron chi connectivity index (χ0n) is 11.0. The van der Waals surface area contributed by atoms with E-state index >= 15 is 0 Å². The number of rotatable bonds is 5. The van der Waals surface area contributed by atoms with Crippen molar-refractivity contribution in [2.75, 3.05) is 13.2 Å². The molecular formula is C14H14N2O4. The van der Waals surface area contributed by atoms with Gasteiger partial charge in [0.05, 0.1) is 6.61 Å². The molecule has 0 N–H and O–H groups in total. The van der Waals surface area contributed by atoms with Gasteiger partial charge in [-0.2, -0.15) is 0 Å². The summed E-state index contributed by atoms with van der Waals surface area (Å²) in [4.78, 5) is 28.0. The first-order valence-corrected chi connectivity index (χ1v) is 6.10. The maximum Gasteiger partial charge on any atom is 0.345 e. The van der Waals surface area contributed by atoms with Crippen molar-refractivity contribution < 1.29 is 14.3 Å². The van der Waals surface area contributed by atoms with Crippen LogP contribution in [0.2, 0.25) is 0 Å². The highest BCUT2D eigenvalue weighted by Gasteiger charge is 2.15. The van der Waals surface area contributed by atoms with Gasteiger partial charge in [0.15, 0.2) is 11.4 Å². The minimum Gasteiger partial charge on any atom is -0.486 e. The van der Waals surface area contributed by atoms with E-state index in [0.29, 0.717) is 18.0 Å². The highest BCUT2D eigenvalue weighted by atomic mass is 16.5. The first-order chi connectivity index (χ1) is 9.69. The number of hydrogen-bond acceptors (Lipinski definition) is 5. The summed E-state index contributed by atoms with van der Waals surface area (Å²) in [7, 11) is 0. The fourth-order valence-electron chi connectivity index (χ4n) is 1.69. The Kier molecular flexibility index (Phi) is 4.14. The molecule has 0 atom stereocenters. The van der Waals surface area contributed by atoms with E-state index in [1.54, 1.807) is 25.1 Å². The number of esters is 1.